The lowest BCUT2D eigenvalue weighted by atomic mass is 10.1. The van der Waals surface area contributed by atoms with E-state index in [1.807, 2.05) is 12.3 Å². The summed E-state index contributed by atoms with van der Waals surface area (Å²) in [7, 11) is 0. The van der Waals surface area contributed by atoms with E-state index in [2.05, 4.69) is 32.7 Å². The number of hydrogen-bond acceptors (Lipinski definition) is 6. The molecule has 20 heavy (non-hydrogen) atoms. The molecule has 1 aliphatic heterocycles. The minimum atomic E-state index is -0.138. The summed E-state index contributed by atoms with van der Waals surface area (Å²) in [6.07, 6.45) is 4.37. The largest absolute Gasteiger partial charge is 0.353 e. The van der Waals surface area contributed by atoms with Gasteiger partial charge in [-0.25, -0.2) is 0 Å². The lowest BCUT2D eigenvalue weighted by Gasteiger charge is -2.20. The van der Waals surface area contributed by atoms with Gasteiger partial charge in [-0.05, 0) is 18.1 Å². The highest BCUT2D eigenvalue weighted by molar-refractivity contribution is 5.78. The Morgan fingerprint density at radius 2 is 2.40 bits per heavy atom. The van der Waals surface area contributed by atoms with Crippen molar-refractivity contribution in [3.8, 4) is 11.4 Å². The molecule has 1 saturated heterocycles. The molecule has 3 heterocycles. The van der Waals surface area contributed by atoms with Crippen molar-refractivity contribution in [2.24, 2.45) is 0 Å². The fraction of sp³-hybridized carbons (Fsp3) is 0.385. The molecule has 0 bridgehead atoms. The quantitative estimate of drug-likeness (QED) is 0.843. The fourth-order valence-corrected chi connectivity index (χ4v) is 2.15. The van der Waals surface area contributed by atoms with Gasteiger partial charge in [0, 0.05) is 24.5 Å². The lowest BCUT2D eigenvalue weighted by Crippen LogP contribution is -2.47. The van der Waals surface area contributed by atoms with Crippen molar-refractivity contribution >= 4 is 5.91 Å². The van der Waals surface area contributed by atoms with E-state index in [9.17, 15) is 4.79 Å². The number of amides is 1. The Labute approximate surface area is 115 Å². The first-order valence-corrected chi connectivity index (χ1v) is 6.55. The minimum Gasteiger partial charge on any atom is -0.353 e. The molecule has 0 aliphatic carbocycles. The van der Waals surface area contributed by atoms with Gasteiger partial charge in [0.05, 0.1) is 6.54 Å². The number of carbonyl (C=O) groups excluding carboxylic acids is 1. The minimum absolute atomic E-state index is 0.0246. The number of hydrogen-bond donors (Lipinski definition) is 2. The van der Waals surface area contributed by atoms with E-state index in [0.29, 0.717) is 18.3 Å². The molecule has 1 atom stereocenters. The molecule has 1 amide bonds. The van der Waals surface area contributed by atoms with Crippen LogP contribution in [0.1, 0.15) is 24.4 Å². The molecule has 2 aromatic rings. The Kier molecular flexibility index (Phi) is 3.42. The van der Waals surface area contributed by atoms with Gasteiger partial charge in [0.15, 0.2) is 0 Å². The van der Waals surface area contributed by atoms with Gasteiger partial charge in [0.1, 0.15) is 6.04 Å². The van der Waals surface area contributed by atoms with Gasteiger partial charge in [-0.15, -0.1) is 0 Å². The van der Waals surface area contributed by atoms with Gasteiger partial charge in [0.2, 0.25) is 17.6 Å². The summed E-state index contributed by atoms with van der Waals surface area (Å²) < 4.78 is 5.30. The molecular formula is C13H15N5O2. The second-order valence-corrected chi connectivity index (χ2v) is 4.58. The molecule has 2 aromatic heterocycles. The van der Waals surface area contributed by atoms with E-state index < -0.39 is 0 Å². The van der Waals surface area contributed by atoms with Crippen LogP contribution in [0, 0.1) is 0 Å². The summed E-state index contributed by atoms with van der Waals surface area (Å²) in [4.78, 5) is 19.6. The molecule has 7 nitrogen and oxygen atoms in total. The van der Waals surface area contributed by atoms with Gasteiger partial charge in [-0.3, -0.25) is 15.1 Å². The van der Waals surface area contributed by atoms with Gasteiger partial charge >= 0.3 is 0 Å². The third-order valence-corrected chi connectivity index (χ3v) is 3.28. The summed E-state index contributed by atoms with van der Waals surface area (Å²) in [5.41, 5.74) is 2.00. The van der Waals surface area contributed by atoms with Crippen LogP contribution >= 0.6 is 0 Å². The van der Waals surface area contributed by atoms with E-state index in [1.54, 1.807) is 6.20 Å². The van der Waals surface area contributed by atoms with Crippen LogP contribution in [0.5, 0.6) is 0 Å². The maximum Gasteiger partial charge on any atom is 0.245 e. The summed E-state index contributed by atoms with van der Waals surface area (Å²) in [5.74, 6) is 1.01. The predicted octanol–water partition coefficient (Wildman–Crippen LogP) is 0.454. The molecule has 1 fully saturated rings. The molecule has 7 heteroatoms. The number of aryl methyl sites for hydroxylation is 1. The van der Waals surface area contributed by atoms with Gasteiger partial charge in [-0.2, -0.15) is 4.98 Å². The SMILES string of the molecule is CCc1cnccc1-c1noc(C2CNC(=O)CN2)n1. The topological polar surface area (TPSA) is 92.9 Å². The van der Waals surface area contributed by atoms with Gasteiger partial charge < -0.3 is 9.84 Å². The van der Waals surface area contributed by atoms with E-state index in [1.165, 1.54) is 0 Å². The van der Waals surface area contributed by atoms with Crippen LogP contribution in [0.15, 0.2) is 23.0 Å². The molecule has 0 saturated carbocycles. The monoisotopic (exact) mass is 273 g/mol. The van der Waals surface area contributed by atoms with Crippen LogP contribution in [0.4, 0.5) is 0 Å². The van der Waals surface area contributed by atoms with Crippen molar-refractivity contribution in [1.29, 1.82) is 0 Å². The average molecular weight is 273 g/mol. The standard InChI is InChI=1S/C13H15N5O2/c1-2-8-5-14-4-3-9(8)12-17-13(20-18-12)10-6-16-11(19)7-15-10/h3-5,10,15H,2,6-7H2,1H3,(H,16,19). The summed E-state index contributed by atoms with van der Waals surface area (Å²) in [5, 5.41) is 9.84. The first-order chi connectivity index (χ1) is 9.78. The van der Waals surface area contributed by atoms with Crippen LogP contribution in [0.3, 0.4) is 0 Å². The zero-order valence-corrected chi connectivity index (χ0v) is 11.1. The second kappa shape index (κ2) is 5.38. The number of aromatic nitrogens is 3. The van der Waals surface area contributed by atoms with Gasteiger partial charge in [0.25, 0.3) is 0 Å². The van der Waals surface area contributed by atoms with Crippen molar-refractivity contribution < 1.29 is 9.32 Å². The molecule has 104 valence electrons. The van der Waals surface area contributed by atoms with E-state index >= 15 is 0 Å². The Balaban J connectivity index is 1.85. The molecule has 0 aromatic carbocycles. The molecule has 3 rings (SSSR count). The van der Waals surface area contributed by atoms with E-state index in [-0.39, 0.29) is 18.5 Å². The third-order valence-electron chi connectivity index (χ3n) is 3.28. The number of nitrogens with zero attached hydrogens (tertiary/aromatic N) is 3. The van der Waals surface area contributed by atoms with Crippen molar-refractivity contribution in [1.82, 2.24) is 25.8 Å². The zero-order valence-electron chi connectivity index (χ0n) is 11.1. The smallest absolute Gasteiger partial charge is 0.245 e. The second-order valence-electron chi connectivity index (χ2n) is 4.58. The highest BCUT2D eigenvalue weighted by Gasteiger charge is 2.24. The first kappa shape index (κ1) is 12.7. The van der Waals surface area contributed by atoms with Gasteiger partial charge in [-0.1, -0.05) is 12.1 Å². The van der Waals surface area contributed by atoms with Crippen molar-refractivity contribution in [3.05, 3.63) is 29.9 Å². The number of rotatable bonds is 3. The van der Waals surface area contributed by atoms with Crippen molar-refractivity contribution in [2.45, 2.75) is 19.4 Å². The molecule has 1 aliphatic rings. The highest BCUT2D eigenvalue weighted by atomic mass is 16.5. The maximum absolute atomic E-state index is 11.1. The molecule has 0 spiro atoms. The molecular weight excluding hydrogens is 258 g/mol. The number of pyridine rings is 1. The Morgan fingerprint density at radius 3 is 3.15 bits per heavy atom. The predicted molar refractivity (Wildman–Crippen MR) is 70.7 cm³/mol. The van der Waals surface area contributed by atoms with Crippen molar-refractivity contribution in [2.75, 3.05) is 13.1 Å². The Morgan fingerprint density at radius 1 is 1.50 bits per heavy atom. The van der Waals surface area contributed by atoms with Crippen LogP contribution < -0.4 is 10.6 Å². The summed E-state index contributed by atoms with van der Waals surface area (Å²) in [6.45, 7) is 2.77. The summed E-state index contributed by atoms with van der Waals surface area (Å²) in [6, 6.07) is 1.74. The zero-order chi connectivity index (χ0) is 13.9. The molecule has 1 unspecified atom stereocenters. The van der Waals surface area contributed by atoms with Crippen LogP contribution in [-0.4, -0.2) is 34.1 Å². The lowest BCUT2D eigenvalue weighted by molar-refractivity contribution is -0.121. The average Bonchev–Trinajstić information content (AvgIpc) is 2.97. The Bertz CT molecular complexity index is 615. The van der Waals surface area contributed by atoms with Crippen LogP contribution in [-0.2, 0) is 11.2 Å². The highest BCUT2D eigenvalue weighted by Crippen LogP contribution is 2.22. The van der Waals surface area contributed by atoms with E-state index in [0.717, 1.165) is 17.5 Å². The number of nitrogens with one attached hydrogen (secondary N) is 2. The number of carbonyl (C=O) groups is 1. The van der Waals surface area contributed by atoms with Crippen molar-refractivity contribution in [3.63, 3.8) is 0 Å². The fourth-order valence-electron chi connectivity index (χ4n) is 2.15. The van der Waals surface area contributed by atoms with Crippen LogP contribution in [0.25, 0.3) is 11.4 Å². The first-order valence-electron chi connectivity index (χ1n) is 6.55. The van der Waals surface area contributed by atoms with Crippen LogP contribution in [0.2, 0.25) is 0 Å². The molecule has 2 N–H and O–H groups in total. The maximum atomic E-state index is 11.1. The Hall–Kier alpha value is -2.28. The normalized spacial score (nSPS) is 18.9. The number of piperazine rings is 1. The third kappa shape index (κ3) is 2.39. The molecule has 0 radical (unpaired) electrons. The van der Waals surface area contributed by atoms with E-state index in [4.69, 9.17) is 4.52 Å². The summed E-state index contributed by atoms with van der Waals surface area (Å²) >= 11 is 0.